The van der Waals surface area contributed by atoms with Crippen LogP contribution in [0.4, 0.5) is 0 Å². The molecule has 220 valence electrons. The monoisotopic (exact) mass is 554 g/mol. The van der Waals surface area contributed by atoms with E-state index in [0.717, 1.165) is 12.8 Å². The van der Waals surface area contributed by atoms with Crippen molar-refractivity contribution in [3.63, 3.8) is 0 Å². The van der Waals surface area contributed by atoms with Gasteiger partial charge in [-0.2, -0.15) is 4.89 Å². The highest BCUT2D eigenvalue weighted by atomic mass is 17.2. The molecule has 7 atom stereocenters. The molecule has 0 aromatic heterocycles. The number of rotatable bonds is 14. The Kier molecular flexibility index (Phi) is 12.8. The Hall–Kier alpha value is -2.39. The van der Waals surface area contributed by atoms with Crippen LogP contribution in [-0.4, -0.2) is 72.5 Å². The summed E-state index contributed by atoms with van der Waals surface area (Å²) in [7, 11) is 0. The molecule has 0 heterocycles. The van der Waals surface area contributed by atoms with Crippen molar-refractivity contribution in [3.8, 4) is 12.5 Å². The van der Waals surface area contributed by atoms with E-state index in [2.05, 4.69) is 6.11 Å². The van der Waals surface area contributed by atoms with Crippen molar-refractivity contribution in [2.75, 3.05) is 19.8 Å². The highest BCUT2D eigenvalue weighted by Crippen LogP contribution is 2.34. The van der Waals surface area contributed by atoms with Gasteiger partial charge in [-0.15, -0.1) is 0 Å². The summed E-state index contributed by atoms with van der Waals surface area (Å²) in [5.74, 6) is -5.52. The van der Waals surface area contributed by atoms with Gasteiger partial charge in [-0.05, 0) is 57.3 Å². The minimum absolute atomic E-state index is 0.0165. The predicted octanol–water partition coefficient (Wildman–Crippen LogP) is 3.54. The maximum absolute atomic E-state index is 12.6. The van der Waals surface area contributed by atoms with E-state index < -0.39 is 48.1 Å². The van der Waals surface area contributed by atoms with Crippen LogP contribution in [0.2, 0.25) is 0 Å². The Bertz CT molecular complexity index is 834. The van der Waals surface area contributed by atoms with Crippen LogP contribution in [0.15, 0.2) is 0 Å². The number of carbonyl (C=O) groups is 3. The van der Waals surface area contributed by atoms with Gasteiger partial charge >= 0.3 is 17.9 Å². The van der Waals surface area contributed by atoms with Gasteiger partial charge in [0.05, 0.1) is 49.8 Å². The van der Waals surface area contributed by atoms with Crippen LogP contribution in [0.1, 0.15) is 77.6 Å². The fourth-order valence-electron chi connectivity index (χ4n) is 5.89. The van der Waals surface area contributed by atoms with Gasteiger partial charge in [-0.25, -0.2) is 4.89 Å². The largest absolute Gasteiger partial charge is 0.481 e. The van der Waals surface area contributed by atoms with Crippen molar-refractivity contribution in [3.05, 3.63) is 0 Å². The second-order valence-electron chi connectivity index (χ2n) is 10.7. The molecular formula is C28H42O11. The second kappa shape index (κ2) is 16.0. The van der Waals surface area contributed by atoms with Gasteiger partial charge in [0.1, 0.15) is 12.2 Å². The minimum atomic E-state index is -1.12. The molecular weight excluding hydrogens is 512 g/mol. The smallest absolute Gasteiger partial charge is 0.312 e. The molecule has 0 spiro atoms. The van der Waals surface area contributed by atoms with E-state index in [1.807, 2.05) is 0 Å². The number of hydrogen-bond donors (Lipinski definition) is 2. The van der Waals surface area contributed by atoms with Crippen molar-refractivity contribution in [2.24, 2.45) is 23.7 Å². The van der Waals surface area contributed by atoms with Gasteiger partial charge in [0.15, 0.2) is 0 Å². The first kappa shape index (κ1) is 31.1. The summed E-state index contributed by atoms with van der Waals surface area (Å²) < 4.78 is 22.1. The maximum Gasteiger partial charge on any atom is 0.312 e. The van der Waals surface area contributed by atoms with Crippen molar-refractivity contribution in [2.45, 2.75) is 102 Å². The quantitative estimate of drug-likeness (QED) is 0.0811. The van der Waals surface area contributed by atoms with E-state index >= 15 is 0 Å². The van der Waals surface area contributed by atoms with E-state index in [1.165, 1.54) is 26.2 Å². The third-order valence-corrected chi connectivity index (χ3v) is 8.03. The van der Waals surface area contributed by atoms with Crippen molar-refractivity contribution in [1.29, 1.82) is 0 Å². The zero-order valence-electron chi connectivity index (χ0n) is 22.7. The lowest BCUT2D eigenvalue weighted by molar-refractivity contribution is -0.372. The molecule has 3 fully saturated rings. The molecule has 0 aliphatic heterocycles. The summed E-state index contributed by atoms with van der Waals surface area (Å²) in [6.45, 7) is 2.43. The molecule has 0 aromatic rings. The number of carbonyl (C=O) groups excluding carboxylic acids is 1. The van der Waals surface area contributed by atoms with Crippen LogP contribution in [0.3, 0.4) is 0 Å². The molecule has 3 rings (SSSR count). The lowest BCUT2D eigenvalue weighted by Gasteiger charge is -2.33. The number of ether oxygens (including phenoxy) is 4. The zero-order chi connectivity index (χ0) is 28.2. The van der Waals surface area contributed by atoms with Crippen molar-refractivity contribution in [1.82, 2.24) is 0 Å². The van der Waals surface area contributed by atoms with Gasteiger partial charge in [0.25, 0.3) is 0 Å². The minimum Gasteiger partial charge on any atom is -0.481 e. The molecule has 11 heteroatoms. The van der Waals surface area contributed by atoms with E-state index in [4.69, 9.17) is 35.1 Å². The summed E-state index contributed by atoms with van der Waals surface area (Å²) in [4.78, 5) is 46.6. The fraction of sp³-hybridized carbons (Fsp3) is 0.821. The average Bonchev–Trinajstić information content (AvgIpc) is 2.92. The Labute approximate surface area is 229 Å². The Morgan fingerprint density at radius 1 is 0.821 bits per heavy atom. The Morgan fingerprint density at radius 2 is 1.46 bits per heavy atom. The number of carboxylic acids is 2. The molecule has 3 aliphatic rings. The molecule has 2 N–H and O–H groups in total. The van der Waals surface area contributed by atoms with E-state index in [1.54, 1.807) is 0 Å². The SMILES string of the molecule is C#COC1CCC(C(=O)OC(C)OOCC2CCC(OCCOC3CCCCC3)CC2C(=O)O)C(C(=O)O)C1. The average molecular weight is 555 g/mol. The highest BCUT2D eigenvalue weighted by Gasteiger charge is 2.42. The molecule has 3 aliphatic carbocycles. The third kappa shape index (κ3) is 9.94. The first-order chi connectivity index (χ1) is 18.8. The fourth-order valence-corrected chi connectivity index (χ4v) is 5.89. The van der Waals surface area contributed by atoms with Gasteiger partial charge in [0.2, 0.25) is 6.29 Å². The normalized spacial score (nSPS) is 30.6. The van der Waals surface area contributed by atoms with Crippen LogP contribution < -0.4 is 0 Å². The van der Waals surface area contributed by atoms with Gasteiger partial charge in [-0.3, -0.25) is 14.4 Å². The van der Waals surface area contributed by atoms with Gasteiger partial charge < -0.3 is 29.2 Å². The molecule has 3 saturated carbocycles. The molecule has 0 radical (unpaired) electrons. The van der Waals surface area contributed by atoms with Crippen LogP contribution in [0, 0.1) is 36.2 Å². The predicted molar refractivity (Wildman–Crippen MR) is 136 cm³/mol. The molecule has 0 aromatic carbocycles. The summed E-state index contributed by atoms with van der Waals surface area (Å²) in [5.41, 5.74) is 0. The van der Waals surface area contributed by atoms with Gasteiger partial charge in [-0.1, -0.05) is 25.7 Å². The number of hydrogen-bond acceptors (Lipinski definition) is 9. The number of esters is 1. The van der Waals surface area contributed by atoms with E-state index in [0.29, 0.717) is 45.0 Å². The summed E-state index contributed by atoms with van der Waals surface area (Å²) >= 11 is 0. The van der Waals surface area contributed by atoms with Gasteiger partial charge in [0, 0.05) is 6.92 Å². The standard InChI is InChI=1S/C28H42O11/c1-3-34-21-11-12-23(25(16-21)27(31)32)28(33)38-18(2)39-37-17-19-9-10-22(15-24(19)26(29)30)36-14-13-35-20-7-5-4-6-8-20/h1,18-25H,4-17H2,2H3,(H,29,30)(H,31,32). The number of terminal acetylenes is 1. The Balaban J connectivity index is 1.36. The molecule has 0 saturated heterocycles. The lowest BCUT2D eigenvalue weighted by Crippen LogP contribution is -2.40. The lowest BCUT2D eigenvalue weighted by atomic mass is 9.78. The van der Waals surface area contributed by atoms with Crippen molar-refractivity contribution < 1.29 is 53.3 Å². The third-order valence-electron chi connectivity index (χ3n) is 8.03. The highest BCUT2D eigenvalue weighted by molar-refractivity contribution is 5.81. The van der Waals surface area contributed by atoms with Crippen molar-refractivity contribution >= 4 is 17.9 Å². The first-order valence-corrected chi connectivity index (χ1v) is 14.1. The first-order valence-electron chi connectivity index (χ1n) is 14.1. The molecule has 7 unspecified atom stereocenters. The maximum atomic E-state index is 12.6. The van der Waals surface area contributed by atoms with E-state index in [-0.39, 0.29) is 31.5 Å². The number of aliphatic carboxylic acids is 2. The molecule has 0 amide bonds. The van der Waals surface area contributed by atoms with Crippen LogP contribution >= 0.6 is 0 Å². The summed E-state index contributed by atoms with van der Waals surface area (Å²) in [6.07, 6.45) is 14.2. The molecule has 39 heavy (non-hydrogen) atoms. The summed E-state index contributed by atoms with van der Waals surface area (Å²) in [6, 6.07) is 0. The number of carboxylic acid groups (broad SMARTS) is 2. The molecule has 0 bridgehead atoms. The van der Waals surface area contributed by atoms with Crippen LogP contribution in [0.5, 0.6) is 0 Å². The van der Waals surface area contributed by atoms with Crippen LogP contribution in [-0.2, 0) is 43.1 Å². The summed E-state index contributed by atoms with van der Waals surface area (Å²) in [5, 5.41) is 19.3. The van der Waals surface area contributed by atoms with Crippen LogP contribution in [0.25, 0.3) is 0 Å². The topological polar surface area (TPSA) is 147 Å². The Morgan fingerprint density at radius 3 is 2.13 bits per heavy atom. The van der Waals surface area contributed by atoms with E-state index in [9.17, 15) is 24.6 Å². The zero-order valence-corrected chi connectivity index (χ0v) is 22.7. The second-order valence-corrected chi connectivity index (χ2v) is 10.7. The molecule has 11 nitrogen and oxygen atoms in total.